The monoisotopic (exact) mass is 269 g/mol. The summed E-state index contributed by atoms with van der Waals surface area (Å²) in [4.78, 5) is 0. The van der Waals surface area contributed by atoms with E-state index in [0.29, 0.717) is 6.04 Å². The molecule has 2 heteroatoms. The zero-order chi connectivity index (χ0) is 14.3. The third-order valence-corrected chi connectivity index (χ3v) is 4.51. The van der Waals surface area contributed by atoms with Gasteiger partial charge in [0.1, 0.15) is 5.76 Å². The predicted molar refractivity (Wildman–Crippen MR) is 83.0 cm³/mol. The zero-order valence-corrected chi connectivity index (χ0v) is 12.8. The zero-order valence-electron chi connectivity index (χ0n) is 12.8. The van der Waals surface area contributed by atoms with Crippen molar-refractivity contribution in [3.63, 3.8) is 0 Å². The van der Waals surface area contributed by atoms with Crippen molar-refractivity contribution in [3.05, 3.63) is 46.4 Å². The minimum atomic E-state index is 0.703. The first kappa shape index (κ1) is 13.4. The van der Waals surface area contributed by atoms with E-state index in [0.717, 1.165) is 12.3 Å². The lowest BCUT2D eigenvalue weighted by molar-refractivity contribution is 0.483. The average molecular weight is 269 g/mol. The maximum Gasteiger partial charge on any atom is 0.125 e. The highest BCUT2D eigenvalue weighted by Gasteiger charge is 2.22. The van der Waals surface area contributed by atoms with Crippen molar-refractivity contribution in [2.24, 2.45) is 0 Å². The molecule has 1 aliphatic rings. The van der Waals surface area contributed by atoms with Gasteiger partial charge in [0, 0.05) is 11.6 Å². The first-order valence-corrected chi connectivity index (χ1v) is 7.45. The van der Waals surface area contributed by atoms with E-state index in [1.165, 1.54) is 46.2 Å². The molecule has 1 heterocycles. The average Bonchev–Trinajstić information content (AvgIpc) is 3.14. The van der Waals surface area contributed by atoms with E-state index in [1.807, 2.05) is 6.26 Å². The lowest BCUT2D eigenvalue weighted by Gasteiger charge is -2.15. The van der Waals surface area contributed by atoms with Gasteiger partial charge in [-0.2, -0.15) is 0 Å². The molecule has 2 aromatic rings. The lowest BCUT2D eigenvalue weighted by atomic mass is 9.90. The molecule has 106 valence electrons. The molecule has 1 saturated carbocycles. The predicted octanol–water partition coefficient (Wildman–Crippen LogP) is 4.43. The first-order valence-electron chi connectivity index (χ1n) is 7.45. The number of hydrogen-bond acceptors (Lipinski definition) is 2. The summed E-state index contributed by atoms with van der Waals surface area (Å²) in [5, 5.41) is 3.54. The van der Waals surface area contributed by atoms with Crippen LogP contribution in [0.4, 0.5) is 0 Å². The Morgan fingerprint density at radius 1 is 1.10 bits per heavy atom. The fourth-order valence-corrected chi connectivity index (χ4v) is 2.85. The Hall–Kier alpha value is -1.54. The Kier molecular flexibility index (Phi) is 3.43. The van der Waals surface area contributed by atoms with Gasteiger partial charge in [-0.25, -0.2) is 0 Å². The molecule has 0 aliphatic heterocycles. The van der Waals surface area contributed by atoms with Crippen LogP contribution in [-0.2, 0) is 6.54 Å². The van der Waals surface area contributed by atoms with Crippen LogP contribution in [0.5, 0.6) is 0 Å². The Labute approximate surface area is 121 Å². The van der Waals surface area contributed by atoms with Crippen LogP contribution < -0.4 is 5.32 Å². The standard InChI is InChI=1S/C18H23NO/c1-11-9-12(2)14(4)18(13(11)3)16-7-8-20-17(16)10-19-15-5-6-15/h7-9,15,19H,5-6,10H2,1-4H3. The summed E-state index contributed by atoms with van der Waals surface area (Å²) in [5.41, 5.74) is 8.03. The Balaban J connectivity index is 2.02. The van der Waals surface area contributed by atoms with Gasteiger partial charge in [0.15, 0.2) is 0 Å². The van der Waals surface area contributed by atoms with Crippen molar-refractivity contribution in [3.8, 4) is 11.1 Å². The SMILES string of the molecule is Cc1cc(C)c(C)c(-c2ccoc2CNC2CC2)c1C. The molecule has 0 atom stereocenters. The minimum absolute atomic E-state index is 0.703. The molecule has 1 fully saturated rings. The van der Waals surface area contributed by atoms with E-state index in [2.05, 4.69) is 45.1 Å². The summed E-state index contributed by atoms with van der Waals surface area (Å²) in [6.07, 6.45) is 4.42. The molecule has 0 amide bonds. The van der Waals surface area contributed by atoms with Crippen LogP contribution in [0.15, 0.2) is 22.8 Å². The molecule has 20 heavy (non-hydrogen) atoms. The van der Waals surface area contributed by atoms with Crippen molar-refractivity contribution in [1.29, 1.82) is 0 Å². The van der Waals surface area contributed by atoms with Crippen LogP contribution in [0, 0.1) is 27.7 Å². The van der Waals surface area contributed by atoms with E-state index in [4.69, 9.17) is 4.42 Å². The van der Waals surface area contributed by atoms with Gasteiger partial charge in [-0.15, -0.1) is 0 Å². The van der Waals surface area contributed by atoms with Crippen LogP contribution in [0.3, 0.4) is 0 Å². The number of rotatable bonds is 4. The minimum Gasteiger partial charge on any atom is -0.467 e. The van der Waals surface area contributed by atoms with Gasteiger partial charge in [0.2, 0.25) is 0 Å². The highest BCUT2D eigenvalue weighted by Crippen LogP contribution is 2.34. The molecule has 0 radical (unpaired) electrons. The second-order valence-electron chi connectivity index (χ2n) is 6.05. The fraction of sp³-hybridized carbons (Fsp3) is 0.444. The van der Waals surface area contributed by atoms with Gasteiger partial charge in [0.25, 0.3) is 0 Å². The highest BCUT2D eigenvalue weighted by molar-refractivity contribution is 5.74. The molecule has 1 N–H and O–H groups in total. The smallest absolute Gasteiger partial charge is 0.125 e. The summed E-state index contributed by atoms with van der Waals surface area (Å²) < 4.78 is 5.72. The van der Waals surface area contributed by atoms with E-state index in [-0.39, 0.29) is 0 Å². The first-order chi connectivity index (χ1) is 9.58. The van der Waals surface area contributed by atoms with Gasteiger partial charge in [-0.3, -0.25) is 0 Å². The summed E-state index contributed by atoms with van der Waals surface area (Å²) in [7, 11) is 0. The van der Waals surface area contributed by atoms with Crippen LogP contribution in [0.2, 0.25) is 0 Å². The van der Waals surface area contributed by atoms with Crippen molar-refractivity contribution in [1.82, 2.24) is 5.32 Å². The molecule has 0 saturated heterocycles. The number of aryl methyl sites for hydroxylation is 2. The van der Waals surface area contributed by atoms with Crippen LogP contribution in [-0.4, -0.2) is 6.04 Å². The van der Waals surface area contributed by atoms with Crippen LogP contribution in [0.25, 0.3) is 11.1 Å². The van der Waals surface area contributed by atoms with Gasteiger partial charge in [-0.05, 0) is 74.4 Å². The van der Waals surface area contributed by atoms with Crippen LogP contribution in [0.1, 0.15) is 40.9 Å². The number of furan rings is 1. The van der Waals surface area contributed by atoms with E-state index >= 15 is 0 Å². The number of benzene rings is 1. The Morgan fingerprint density at radius 3 is 2.35 bits per heavy atom. The van der Waals surface area contributed by atoms with Crippen LogP contribution >= 0.6 is 0 Å². The van der Waals surface area contributed by atoms with E-state index in [9.17, 15) is 0 Å². The maximum atomic E-state index is 5.72. The van der Waals surface area contributed by atoms with Gasteiger partial charge >= 0.3 is 0 Å². The third kappa shape index (κ3) is 2.40. The van der Waals surface area contributed by atoms with E-state index in [1.54, 1.807) is 0 Å². The second kappa shape index (κ2) is 5.10. The molecule has 1 aliphatic carbocycles. The summed E-state index contributed by atoms with van der Waals surface area (Å²) >= 11 is 0. The molecule has 1 aromatic carbocycles. The lowest BCUT2D eigenvalue weighted by Crippen LogP contribution is -2.15. The highest BCUT2D eigenvalue weighted by atomic mass is 16.3. The second-order valence-corrected chi connectivity index (χ2v) is 6.05. The van der Waals surface area contributed by atoms with Gasteiger partial charge in [0.05, 0.1) is 12.8 Å². The molecular formula is C18H23NO. The summed E-state index contributed by atoms with van der Waals surface area (Å²) in [6, 6.07) is 5.09. The topological polar surface area (TPSA) is 25.2 Å². The fourth-order valence-electron chi connectivity index (χ4n) is 2.85. The number of hydrogen-bond donors (Lipinski definition) is 1. The molecule has 0 unspecified atom stereocenters. The van der Waals surface area contributed by atoms with Gasteiger partial charge < -0.3 is 9.73 Å². The van der Waals surface area contributed by atoms with Gasteiger partial charge in [-0.1, -0.05) is 6.07 Å². The summed E-state index contributed by atoms with van der Waals surface area (Å²) in [5.74, 6) is 1.06. The number of nitrogens with one attached hydrogen (secondary N) is 1. The van der Waals surface area contributed by atoms with Crippen molar-refractivity contribution >= 4 is 0 Å². The molecule has 0 spiro atoms. The van der Waals surface area contributed by atoms with Crippen molar-refractivity contribution < 1.29 is 4.42 Å². The molecular weight excluding hydrogens is 246 g/mol. The molecule has 3 rings (SSSR count). The molecule has 0 bridgehead atoms. The quantitative estimate of drug-likeness (QED) is 0.888. The third-order valence-electron chi connectivity index (χ3n) is 4.51. The molecule has 2 nitrogen and oxygen atoms in total. The van der Waals surface area contributed by atoms with Crippen molar-refractivity contribution in [2.45, 2.75) is 53.1 Å². The normalized spacial score (nSPS) is 14.8. The summed E-state index contributed by atoms with van der Waals surface area (Å²) in [6.45, 7) is 9.63. The molecule has 1 aromatic heterocycles. The van der Waals surface area contributed by atoms with E-state index < -0.39 is 0 Å². The largest absolute Gasteiger partial charge is 0.467 e. The maximum absolute atomic E-state index is 5.72. The Bertz CT molecular complexity index is 609. The Morgan fingerprint density at radius 2 is 1.75 bits per heavy atom. The van der Waals surface area contributed by atoms with Crippen molar-refractivity contribution in [2.75, 3.05) is 0 Å².